The van der Waals surface area contributed by atoms with Gasteiger partial charge in [-0.1, -0.05) is 0 Å². The summed E-state index contributed by atoms with van der Waals surface area (Å²) < 4.78 is 25.2. The minimum Gasteiger partial charge on any atom is -0.490 e. The van der Waals surface area contributed by atoms with Gasteiger partial charge in [0, 0.05) is 24.4 Å². The Balaban J connectivity index is 1.61. The molecule has 0 aliphatic heterocycles. The number of aromatic nitrogens is 6. The van der Waals surface area contributed by atoms with E-state index in [1.807, 2.05) is 0 Å². The third kappa shape index (κ3) is 8.41. The number of tetrazole rings is 1. The molecule has 14 heteroatoms. The number of hydrogen-bond acceptors (Lipinski definition) is 9. The second-order valence-electron chi connectivity index (χ2n) is 8.71. The second-order valence-corrected chi connectivity index (χ2v) is 9.05. The van der Waals surface area contributed by atoms with Gasteiger partial charge in [-0.2, -0.15) is 4.80 Å². The van der Waals surface area contributed by atoms with Crippen LogP contribution < -0.4 is 10.1 Å². The number of carboxylic acid groups (broad SMARTS) is 1. The summed E-state index contributed by atoms with van der Waals surface area (Å²) in [5.74, 6) is -1.58. The molecular weight excluding hydrogens is 497 g/mol. The van der Waals surface area contributed by atoms with Crippen LogP contribution in [0.15, 0.2) is 30.6 Å². The normalized spacial score (nSPS) is 12.1. The number of carbonyl (C=O) groups excluding carboxylic acids is 1. The van der Waals surface area contributed by atoms with E-state index in [9.17, 15) is 14.0 Å². The third-order valence-corrected chi connectivity index (χ3v) is 4.69. The number of benzene rings is 1. The molecule has 2 N–H and O–H groups in total. The topological polar surface area (TPSA) is 154 Å². The zero-order chi connectivity index (χ0) is 26.3. The molecule has 0 saturated carbocycles. The molecule has 1 amide bonds. The first kappa shape index (κ1) is 26.7. The van der Waals surface area contributed by atoms with Crippen molar-refractivity contribution < 1.29 is 28.6 Å². The number of halogens is 2. The van der Waals surface area contributed by atoms with E-state index in [2.05, 4.69) is 30.7 Å². The average molecular weight is 522 g/mol. The first-order valence-corrected chi connectivity index (χ1v) is 11.2. The average Bonchev–Trinajstić information content (AvgIpc) is 3.22. The fourth-order valence-electron chi connectivity index (χ4n) is 2.98. The van der Waals surface area contributed by atoms with Crippen molar-refractivity contribution in [3.05, 3.63) is 47.3 Å². The molecule has 1 atom stereocenters. The second kappa shape index (κ2) is 11.7. The molecule has 0 aliphatic rings. The Morgan fingerprint density at radius 2 is 1.97 bits per heavy atom. The Morgan fingerprint density at radius 1 is 1.25 bits per heavy atom. The van der Waals surface area contributed by atoms with Crippen LogP contribution in [0.3, 0.4) is 0 Å². The lowest BCUT2D eigenvalue weighted by atomic mass is 10.2. The molecule has 12 nitrogen and oxygen atoms in total. The molecule has 0 aliphatic carbocycles. The molecule has 0 fully saturated rings. The van der Waals surface area contributed by atoms with Gasteiger partial charge in [0.25, 0.3) is 0 Å². The smallest absolute Gasteiger partial charge is 0.407 e. The lowest BCUT2D eigenvalue weighted by Gasteiger charge is -2.22. The van der Waals surface area contributed by atoms with Crippen molar-refractivity contribution in [2.45, 2.75) is 51.8 Å². The van der Waals surface area contributed by atoms with Crippen molar-refractivity contribution >= 4 is 23.7 Å². The summed E-state index contributed by atoms with van der Waals surface area (Å²) in [7, 11) is 0. The van der Waals surface area contributed by atoms with Crippen molar-refractivity contribution in [1.29, 1.82) is 0 Å². The van der Waals surface area contributed by atoms with E-state index in [4.69, 9.17) is 26.2 Å². The Morgan fingerprint density at radius 3 is 2.61 bits per heavy atom. The predicted molar refractivity (Wildman–Crippen MR) is 125 cm³/mol. The maximum Gasteiger partial charge on any atom is 0.407 e. The summed E-state index contributed by atoms with van der Waals surface area (Å²) >= 11 is 5.65. The van der Waals surface area contributed by atoms with Crippen molar-refractivity contribution in [1.82, 2.24) is 35.5 Å². The van der Waals surface area contributed by atoms with Crippen molar-refractivity contribution in [2.24, 2.45) is 0 Å². The predicted octanol–water partition coefficient (Wildman–Crippen LogP) is 2.91. The highest BCUT2D eigenvalue weighted by molar-refractivity contribution is 6.28. The number of ether oxygens (including phenoxy) is 2. The molecule has 2 aromatic heterocycles. The Bertz CT molecular complexity index is 1200. The van der Waals surface area contributed by atoms with Crippen LogP contribution in [0.25, 0.3) is 11.4 Å². The highest BCUT2D eigenvalue weighted by atomic mass is 35.5. The number of amides is 1. The lowest BCUT2D eigenvalue weighted by molar-refractivity contribution is -0.137. The summed E-state index contributed by atoms with van der Waals surface area (Å²) in [6, 6.07) is 3.35. The number of alkyl carbamates (subject to hydrolysis) is 1. The van der Waals surface area contributed by atoms with Gasteiger partial charge < -0.3 is 19.9 Å². The molecular formula is C22H25ClFN7O5. The van der Waals surface area contributed by atoms with Gasteiger partial charge in [0.1, 0.15) is 5.60 Å². The highest BCUT2D eigenvalue weighted by Crippen LogP contribution is 2.23. The fraction of sp³-hybridized carbons (Fsp3) is 0.409. The van der Waals surface area contributed by atoms with Crippen LogP contribution in [0.5, 0.6) is 5.75 Å². The van der Waals surface area contributed by atoms with E-state index in [0.717, 1.165) is 10.4 Å². The van der Waals surface area contributed by atoms with Crippen molar-refractivity contribution in [2.75, 3.05) is 6.61 Å². The van der Waals surface area contributed by atoms with Gasteiger partial charge in [-0.25, -0.2) is 19.2 Å². The van der Waals surface area contributed by atoms with E-state index in [1.54, 1.807) is 39.2 Å². The van der Waals surface area contributed by atoms with E-state index in [1.165, 1.54) is 12.1 Å². The number of aliphatic carboxylic acids is 1. The molecule has 0 saturated heterocycles. The van der Waals surface area contributed by atoms with Crippen molar-refractivity contribution in [3.8, 4) is 17.1 Å². The summed E-state index contributed by atoms with van der Waals surface area (Å²) in [6.07, 6.45) is 2.44. The molecule has 0 spiro atoms. The first-order valence-electron chi connectivity index (χ1n) is 10.9. The van der Waals surface area contributed by atoms with Gasteiger partial charge in [-0.15, -0.1) is 10.2 Å². The summed E-state index contributed by atoms with van der Waals surface area (Å²) in [6.45, 7) is 5.18. The summed E-state index contributed by atoms with van der Waals surface area (Å²) in [4.78, 5) is 32.1. The molecule has 1 unspecified atom stereocenters. The minimum atomic E-state index is -1.13. The van der Waals surface area contributed by atoms with Crippen LogP contribution >= 0.6 is 11.6 Å². The maximum atomic E-state index is 14.6. The van der Waals surface area contributed by atoms with Crippen LogP contribution in [-0.4, -0.2) is 65.6 Å². The number of carboxylic acids is 1. The van der Waals surface area contributed by atoms with Gasteiger partial charge in [0.05, 0.1) is 25.6 Å². The summed E-state index contributed by atoms with van der Waals surface area (Å²) in [5.41, 5.74) is 0.382. The van der Waals surface area contributed by atoms with Gasteiger partial charge in [-0.05, 0) is 61.3 Å². The minimum absolute atomic E-state index is 0.0455. The number of hydrogen-bond donors (Lipinski definition) is 2. The lowest BCUT2D eigenvalue weighted by Crippen LogP contribution is -2.42. The highest BCUT2D eigenvalue weighted by Gasteiger charge is 2.23. The zero-order valence-corrected chi connectivity index (χ0v) is 20.6. The third-order valence-electron chi connectivity index (χ3n) is 4.49. The van der Waals surface area contributed by atoms with E-state index < -0.39 is 29.5 Å². The quantitative estimate of drug-likeness (QED) is 0.380. The Hall–Kier alpha value is -3.87. The monoisotopic (exact) mass is 521 g/mol. The number of nitrogens with one attached hydrogen (secondary N) is 1. The number of carbonyl (C=O) groups is 2. The van der Waals surface area contributed by atoms with Crippen molar-refractivity contribution in [3.63, 3.8) is 0 Å². The summed E-state index contributed by atoms with van der Waals surface area (Å²) in [5, 5.41) is 23.7. The molecule has 2 heterocycles. The van der Waals surface area contributed by atoms with Gasteiger partial charge in [-0.3, -0.25) is 4.79 Å². The van der Waals surface area contributed by atoms with E-state index >= 15 is 0 Å². The largest absolute Gasteiger partial charge is 0.490 e. The Labute approximate surface area is 210 Å². The molecule has 192 valence electrons. The number of nitrogens with zero attached hydrogens (tertiary/aromatic N) is 6. The van der Waals surface area contributed by atoms with Crippen LogP contribution in [0.1, 0.15) is 32.8 Å². The fourth-order valence-corrected chi connectivity index (χ4v) is 3.08. The molecule has 1 aromatic carbocycles. The Kier molecular flexibility index (Phi) is 8.69. The van der Waals surface area contributed by atoms with E-state index in [-0.39, 0.29) is 36.4 Å². The van der Waals surface area contributed by atoms with Crippen LogP contribution in [0.2, 0.25) is 5.28 Å². The molecule has 0 bridgehead atoms. The zero-order valence-electron chi connectivity index (χ0n) is 19.8. The molecule has 36 heavy (non-hydrogen) atoms. The SMILES string of the molecule is CC(C)(C)OC(=O)NC(CC(=O)O)Cn1nnc(-c2ccc(OCCc3cnc(Cl)nc3)c(F)c2)n1. The van der Waals surface area contributed by atoms with Crippen LogP contribution in [0, 0.1) is 5.82 Å². The molecule has 3 rings (SSSR count). The standard InChI is InChI=1S/C22H25ClFN7O5/c1-22(2,3)36-21(34)27-15(9-18(32)33)12-31-29-19(28-30-31)14-4-5-17(16(24)8-14)35-7-6-13-10-25-20(23)26-11-13/h4-5,8,10-11,15H,6-7,9,12H2,1-3H3,(H,27,34)(H,32,33). The van der Waals surface area contributed by atoms with Gasteiger partial charge in [0.2, 0.25) is 11.1 Å². The van der Waals surface area contributed by atoms with Gasteiger partial charge >= 0.3 is 12.1 Å². The van der Waals surface area contributed by atoms with Crippen LogP contribution in [-0.2, 0) is 22.5 Å². The van der Waals surface area contributed by atoms with E-state index in [0.29, 0.717) is 12.0 Å². The number of rotatable bonds is 10. The molecule has 0 radical (unpaired) electrons. The maximum absolute atomic E-state index is 14.6. The molecule has 3 aromatic rings. The van der Waals surface area contributed by atoms with Crippen LogP contribution in [0.4, 0.5) is 9.18 Å². The first-order chi connectivity index (χ1) is 17.0. The van der Waals surface area contributed by atoms with Gasteiger partial charge in [0.15, 0.2) is 11.6 Å².